The molecule has 1 aromatic heterocycles. The van der Waals surface area contributed by atoms with Gasteiger partial charge in [-0.2, -0.15) is 0 Å². The Morgan fingerprint density at radius 2 is 2.04 bits per heavy atom. The summed E-state index contributed by atoms with van der Waals surface area (Å²) in [6.45, 7) is 5.54. The summed E-state index contributed by atoms with van der Waals surface area (Å²) in [5.41, 5.74) is 0. The highest BCUT2D eigenvalue weighted by atomic mass is 16.4. The molecule has 1 aromatic rings. The average Bonchev–Trinajstić information content (AvgIpc) is 2.95. The van der Waals surface area contributed by atoms with Gasteiger partial charge in [0.25, 0.3) is 0 Å². The Morgan fingerprint density at radius 1 is 1.35 bits per heavy atom. The largest absolute Gasteiger partial charge is 0.481 e. The van der Waals surface area contributed by atoms with Crippen LogP contribution >= 0.6 is 0 Å². The Labute approximate surface area is 136 Å². The van der Waals surface area contributed by atoms with Gasteiger partial charge in [-0.05, 0) is 26.8 Å². The first-order valence-corrected chi connectivity index (χ1v) is 8.14. The SMILES string of the molecule is Cc1nccn1CCN(C)CCC(=O)N1CCC(C(=O)O)CC1. The number of aromatic nitrogens is 2. The summed E-state index contributed by atoms with van der Waals surface area (Å²) in [7, 11) is 2.01. The summed E-state index contributed by atoms with van der Waals surface area (Å²) in [5.74, 6) is 0.0852. The number of carboxylic acids is 1. The number of nitrogens with zero attached hydrogens (tertiary/aromatic N) is 4. The molecule has 7 heteroatoms. The van der Waals surface area contributed by atoms with Crippen molar-refractivity contribution in [2.45, 2.75) is 32.7 Å². The second-order valence-corrected chi connectivity index (χ2v) is 6.21. The molecule has 1 saturated heterocycles. The maximum absolute atomic E-state index is 12.2. The lowest BCUT2D eigenvalue weighted by Gasteiger charge is -2.30. The van der Waals surface area contributed by atoms with E-state index in [1.54, 1.807) is 11.1 Å². The van der Waals surface area contributed by atoms with E-state index >= 15 is 0 Å². The van der Waals surface area contributed by atoms with Crippen LogP contribution in [0.15, 0.2) is 12.4 Å². The fourth-order valence-corrected chi connectivity index (χ4v) is 2.85. The third-order valence-electron chi connectivity index (χ3n) is 4.55. The highest BCUT2D eigenvalue weighted by Crippen LogP contribution is 2.17. The minimum absolute atomic E-state index is 0.125. The Kier molecular flexibility index (Phi) is 6.15. The fraction of sp³-hybridized carbons (Fsp3) is 0.688. The van der Waals surface area contributed by atoms with Crippen LogP contribution in [0.4, 0.5) is 0 Å². The standard InChI is InChI=1S/C16H26N4O3/c1-13-17-6-10-19(13)12-11-18(2)7-5-15(21)20-8-3-14(4-9-20)16(22)23/h6,10,14H,3-5,7-9,11-12H2,1-2H3,(H,22,23). The zero-order valence-corrected chi connectivity index (χ0v) is 13.9. The van der Waals surface area contributed by atoms with E-state index in [2.05, 4.69) is 14.5 Å². The van der Waals surface area contributed by atoms with Gasteiger partial charge >= 0.3 is 5.97 Å². The van der Waals surface area contributed by atoms with Gasteiger partial charge in [0, 0.05) is 51.5 Å². The van der Waals surface area contributed by atoms with Crippen LogP contribution in [0, 0.1) is 12.8 Å². The predicted octanol–water partition coefficient (Wildman–Crippen LogP) is 0.837. The molecular weight excluding hydrogens is 296 g/mol. The number of likely N-dealkylation sites (tertiary alicyclic amines) is 1. The Hall–Kier alpha value is -1.89. The van der Waals surface area contributed by atoms with Crippen molar-refractivity contribution in [1.82, 2.24) is 19.4 Å². The van der Waals surface area contributed by atoms with Crippen LogP contribution in [0.3, 0.4) is 0 Å². The van der Waals surface area contributed by atoms with Gasteiger partial charge < -0.3 is 19.5 Å². The molecule has 7 nitrogen and oxygen atoms in total. The van der Waals surface area contributed by atoms with Crippen molar-refractivity contribution in [1.29, 1.82) is 0 Å². The quantitative estimate of drug-likeness (QED) is 0.805. The van der Waals surface area contributed by atoms with Gasteiger partial charge in [0.1, 0.15) is 5.82 Å². The van der Waals surface area contributed by atoms with E-state index in [-0.39, 0.29) is 11.8 Å². The number of rotatable bonds is 7. The molecule has 2 rings (SSSR count). The van der Waals surface area contributed by atoms with E-state index in [1.165, 1.54) is 0 Å². The number of amides is 1. The van der Waals surface area contributed by atoms with Crippen LogP contribution in [0.2, 0.25) is 0 Å². The van der Waals surface area contributed by atoms with Crippen LogP contribution in [0.5, 0.6) is 0 Å². The second-order valence-electron chi connectivity index (χ2n) is 6.21. The molecule has 128 valence electrons. The molecule has 0 aliphatic carbocycles. The molecule has 0 spiro atoms. The number of carbonyl (C=O) groups excluding carboxylic acids is 1. The van der Waals surface area contributed by atoms with Crippen LogP contribution in [0.25, 0.3) is 0 Å². The summed E-state index contributed by atoms with van der Waals surface area (Å²) >= 11 is 0. The van der Waals surface area contributed by atoms with Crippen LogP contribution < -0.4 is 0 Å². The van der Waals surface area contributed by atoms with Crippen molar-refractivity contribution in [3.05, 3.63) is 18.2 Å². The monoisotopic (exact) mass is 322 g/mol. The molecule has 1 fully saturated rings. The van der Waals surface area contributed by atoms with Crippen molar-refractivity contribution in [2.75, 3.05) is 33.2 Å². The van der Waals surface area contributed by atoms with Gasteiger partial charge in [-0.3, -0.25) is 9.59 Å². The number of carboxylic acid groups (broad SMARTS) is 1. The number of hydrogen-bond acceptors (Lipinski definition) is 4. The number of aryl methyl sites for hydroxylation is 1. The summed E-state index contributed by atoms with van der Waals surface area (Å²) in [6.07, 6.45) is 5.37. The maximum atomic E-state index is 12.2. The van der Waals surface area contributed by atoms with Gasteiger partial charge in [-0.1, -0.05) is 0 Å². The number of aliphatic carboxylic acids is 1. The predicted molar refractivity (Wildman–Crippen MR) is 86.0 cm³/mol. The summed E-state index contributed by atoms with van der Waals surface area (Å²) < 4.78 is 2.09. The number of hydrogen-bond donors (Lipinski definition) is 1. The van der Waals surface area contributed by atoms with E-state index in [1.807, 2.05) is 20.2 Å². The average molecular weight is 322 g/mol. The van der Waals surface area contributed by atoms with Crippen LogP contribution in [-0.2, 0) is 16.1 Å². The van der Waals surface area contributed by atoms with Crippen LogP contribution in [0.1, 0.15) is 25.1 Å². The van der Waals surface area contributed by atoms with Gasteiger partial charge in [0.15, 0.2) is 0 Å². The van der Waals surface area contributed by atoms with Crippen molar-refractivity contribution in [2.24, 2.45) is 5.92 Å². The van der Waals surface area contributed by atoms with Crippen molar-refractivity contribution in [3.8, 4) is 0 Å². The lowest BCUT2D eigenvalue weighted by Crippen LogP contribution is -2.41. The molecule has 23 heavy (non-hydrogen) atoms. The van der Waals surface area contributed by atoms with Gasteiger partial charge in [0.05, 0.1) is 5.92 Å². The molecule has 1 aliphatic rings. The molecule has 0 bridgehead atoms. The Bertz CT molecular complexity index is 535. The smallest absolute Gasteiger partial charge is 0.306 e. The first-order valence-electron chi connectivity index (χ1n) is 8.14. The lowest BCUT2D eigenvalue weighted by atomic mass is 9.97. The first kappa shape index (κ1) is 17.5. The fourth-order valence-electron chi connectivity index (χ4n) is 2.85. The van der Waals surface area contributed by atoms with Gasteiger partial charge in [-0.15, -0.1) is 0 Å². The molecule has 1 N–H and O–H groups in total. The minimum Gasteiger partial charge on any atom is -0.481 e. The molecule has 0 unspecified atom stereocenters. The molecule has 2 heterocycles. The number of piperidine rings is 1. The van der Waals surface area contributed by atoms with Gasteiger partial charge in [-0.25, -0.2) is 4.98 Å². The summed E-state index contributed by atoms with van der Waals surface area (Å²) in [5, 5.41) is 8.98. The number of likely N-dealkylation sites (N-methyl/N-ethyl adjacent to an activating group) is 1. The number of imidazole rings is 1. The third-order valence-corrected chi connectivity index (χ3v) is 4.55. The third kappa shape index (κ3) is 5.06. The summed E-state index contributed by atoms with van der Waals surface area (Å²) in [4.78, 5) is 31.3. The van der Waals surface area contributed by atoms with Crippen molar-refractivity contribution < 1.29 is 14.7 Å². The topological polar surface area (TPSA) is 78.7 Å². The molecule has 1 amide bonds. The van der Waals surface area contributed by atoms with E-state index in [0.29, 0.717) is 38.9 Å². The Balaban J connectivity index is 1.66. The van der Waals surface area contributed by atoms with Crippen molar-refractivity contribution >= 4 is 11.9 Å². The van der Waals surface area contributed by atoms with E-state index in [4.69, 9.17) is 5.11 Å². The summed E-state index contributed by atoms with van der Waals surface area (Å²) in [6, 6.07) is 0. The molecule has 0 aromatic carbocycles. The Morgan fingerprint density at radius 3 is 2.61 bits per heavy atom. The minimum atomic E-state index is -0.744. The maximum Gasteiger partial charge on any atom is 0.306 e. The molecule has 0 saturated carbocycles. The van der Waals surface area contributed by atoms with Crippen LogP contribution in [-0.4, -0.2) is 69.6 Å². The normalized spacial score (nSPS) is 16.0. The van der Waals surface area contributed by atoms with Crippen molar-refractivity contribution in [3.63, 3.8) is 0 Å². The molecule has 1 aliphatic heterocycles. The highest BCUT2D eigenvalue weighted by Gasteiger charge is 2.26. The zero-order valence-electron chi connectivity index (χ0n) is 13.9. The van der Waals surface area contributed by atoms with E-state index in [9.17, 15) is 9.59 Å². The molecule has 0 atom stereocenters. The van der Waals surface area contributed by atoms with E-state index in [0.717, 1.165) is 18.9 Å². The second kappa shape index (κ2) is 8.10. The molecular formula is C16H26N4O3. The lowest BCUT2D eigenvalue weighted by molar-refractivity contribution is -0.145. The first-order chi connectivity index (χ1) is 11.0. The zero-order chi connectivity index (χ0) is 16.8. The molecule has 0 radical (unpaired) electrons. The highest BCUT2D eigenvalue weighted by molar-refractivity contribution is 5.77. The van der Waals surface area contributed by atoms with E-state index < -0.39 is 5.97 Å². The van der Waals surface area contributed by atoms with Gasteiger partial charge in [0.2, 0.25) is 5.91 Å². The number of carbonyl (C=O) groups is 2.